The molecule has 0 rings (SSSR count). The van der Waals surface area contributed by atoms with Gasteiger partial charge < -0.3 is 10.4 Å². The van der Waals surface area contributed by atoms with Crippen molar-refractivity contribution in [1.29, 1.82) is 0 Å². The molecule has 0 aliphatic heterocycles. The van der Waals surface area contributed by atoms with Crippen LogP contribution in [0.5, 0.6) is 0 Å². The van der Waals surface area contributed by atoms with Gasteiger partial charge in [-0.2, -0.15) is 0 Å². The predicted molar refractivity (Wildman–Crippen MR) is 90.3 cm³/mol. The number of aliphatic hydroxyl groups excluding tert-OH is 1. The molecular weight excluding hydrogens is 262 g/mol. The number of unbranched alkanes of at least 4 members (excludes halogenated alkanes) is 5. The third-order valence-electron chi connectivity index (χ3n) is 3.88. The van der Waals surface area contributed by atoms with E-state index in [1.165, 1.54) is 32.1 Å². The lowest BCUT2D eigenvalue weighted by atomic mass is 9.73. The number of carbonyl (C=O) groups is 1. The summed E-state index contributed by atoms with van der Waals surface area (Å²) in [7, 11) is 0. The van der Waals surface area contributed by atoms with Crippen LogP contribution < -0.4 is 5.32 Å². The van der Waals surface area contributed by atoms with Crippen LogP contribution in [0.25, 0.3) is 0 Å². The number of hydrogen-bond donors (Lipinski definition) is 2. The molecule has 0 bridgehead atoms. The molecular formula is C18H37NO2. The van der Waals surface area contributed by atoms with E-state index >= 15 is 0 Å². The van der Waals surface area contributed by atoms with E-state index in [1.54, 1.807) is 0 Å². The van der Waals surface area contributed by atoms with E-state index in [-0.39, 0.29) is 23.3 Å². The van der Waals surface area contributed by atoms with Gasteiger partial charge in [-0.1, -0.05) is 66.7 Å². The summed E-state index contributed by atoms with van der Waals surface area (Å²) in [4.78, 5) is 12.0. The van der Waals surface area contributed by atoms with E-state index in [4.69, 9.17) is 0 Å². The van der Waals surface area contributed by atoms with Gasteiger partial charge in [-0.05, 0) is 23.7 Å². The molecule has 0 aromatic heterocycles. The lowest BCUT2D eigenvalue weighted by Crippen LogP contribution is -2.33. The zero-order valence-electron chi connectivity index (χ0n) is 14.9. The fourth-order valence-corrected chi connectivity index (χ4v) is 3.04. The van der Waals surface area contributed by atoms with Gasteiger partial charge in [0.2, 0.25) is 5.91 Å². The first-order valence-electron chi connectivity index (χ1n) is 8.60. The van der Waals surface area contributed by atoms with Gasteiger partial charge in [0.1, 0.15) is 0 Å². The Balaban J connectivity index is 3.82. The maximum absolute atomic E-state index is 12.0. The smallest absolute Gasteiger partial charge is 0.220 e. The van der Waals surface area contributed by atoms with Crippen molar-refractivity contribution in [2.45, 2.75) is 86.0 Å². The van der Waals surface area contributed by atoms with Gasteiger partial charge in [-0.3, -0.25) is 4.79 Å². The van der Waals surface area contributed by atoms with Gasteiger partial charge in [0, 0.05) is 19.6 Å². The van der Waals surface area contributed by atoms with Crippen LogP contribution in [0.15, 0.2) is 0 Å². The van der Waals surface area contributed by atoms with Crippen molar-refractivity contribution in [3.05, 3.63) is 0 Å². The van der Waals surface area contributed by atoms with Crippen LogP contribution >= 0.6 is 0 Å². The molecule has 2 N–H and O–H groups in total. The Kier molecular flexibility index (Phi) is 9.93. The molecule has 0 radical (unpaired) electrons. The minimum absolute atomic E-state index is 0.0720. The minimum Gasteiger partial charge on any atom is -0.396 e. The van der Waals surface area contributed by atoms with Crippen molar-refractivity contribution in [2.24, 2.45) is 10.8 Å². The highest BCUT2D eigenvalue weighted by atomic mass is 16.3. The van der Waals surface area contributed by atoms with Crippen LogP contribution in [0.3, 0.4) is 0 Å². The first kappa shape index (κ1) is 20.4. The molecule has 0 saturated carbocycles. The quantitative estimate of drug-likeness (QED) is 0.528. The molecule has 0 heterocycles. The molecule has 3 nitrogen and oxygen atoms in total. The van der Waals surface area contributed by atoms with Gasteiger partial charge in [0.05, 0.1) is 0 Å². The molecule has 0 aromatic rings. The molecule has 0 spiro atoms. The average molecular weight is 299 g/mol. The summed E-state index contributed by atoms with van der Waals surface area (Å²) in [6.45, 7) is 11.5. The van der Waals surface area contributed by atoms with Crippen molar-refractivity contribution >= 4 is 5.91 Å². The van der Waals surface area contributed by atoms with Crippen LogP contribution in [0, 0.1) is 10.8 Å². The highest BCUT2D eigenvalue weighted by molar-refractivity contribution is 5.76. The number of aliphatic hydroxyl groups is 1. The van der Waals surface area contributed by atoms with E-state index in [0.717, 1.165) is 19.4 Å². The summed E-state index contributed by atoms with van der Waals surface area (Å²) in [5, 5.41) is 12.4. The van der Waals surface area contributed by atoms with E-state index in [9.17, 15) is 9.90 Å². The molecule has 0 saturated heterocycles. The Morgan fingerprint density at radius 1 is 0.952 bits per heavy atom. The first-order chi connectivity index (χ1) is 9.72. The zero-order chi connectivity index (χ0) is 16.4. The number of nitrogens with one attached hydrogen (secondary N) is 1. The Labute approximate surface area is 131 Å². The van der Waals surface area contributed by atoms with Crippen LogP contribution in [-0.4, -0.2) is 24.2 Å². The van der Waals surface area contributed by atoms with Crippen LogP contribution in [-0.2, 0) is 4.79 Å². The Hall–Kier alpha value is -0.570. The standard InChI is InChI=1S/C18H37NO2/c1-6-7-8-9-10-11-12-19-16(21)13-17(2,3)14-18(4,5)15-20/h20H,6-15H2,1-5H3,(H,19,21). The Morgan fingerprint density at radius 3 is 2.10 bits per heavy atom. The molecule has 1 amide bonds. The van der Waals surface area contributed by atoms with Gasteiger partial charge >= 0.3 is 0 Å². The van der Waals surface area contributed by atoms with E-state index < -0.39 is 0 Å². The largest absolute Gasteiger partial charge is 0.396 e. The highest BCUT2D eigenvalue weighted by Crippen LogP contribution is 2.35. The fraction of sp³-hybridized carbons (Fsp3) is 0.944. The van der Waals surface area contributed by atoms with Crippen molar-refractivity contribution in [3.8, 4) is 0 Å². The summed E-state index contributed by atoms with van der Waals surface area (Å²) in [6.07, 6.45) is 8.86. The van der Waals surface area contributed by atoms with E-state index in [0.29, 0.717) is 6.42 Å². The van der Waals surface area contributed by atoms with Crippen molar-refractivity contribution in [2.75, 3.05) is 13.2 Å². The normalized spacial score (nSPS) is 12.5. The van der Waals surface area contributed by atoms with E-state index in [2.05, 4.69) is 26.1 Å². The first-order valence-corrected chi connectivity index (χ1v) is 8.60. The molecule has 21 heavy (non-hydrogen) atoms. The Morgan fingerprint density at radius 2 is 1.52 bits per heavy atom. The predicted octanol–water partition coefficient (Wildman–Crippen LogP) is 4.29. The second kappa shape index (κ2) is 10.2. The number of amides is 1. The second-order valence-corrected chi connectivity index (χ2v) is 7.96. The summed E-state index contributed by atoms with van der Waals surface area (Å²) in [5.74, 6) is 0.141. The fourth-order valence-electron chi connectivity index (χ4n) is 3.04. The third kappa shape index (κ3) is 11.7. The average Bonchev–Trinajstić information content (AvgIpc) is 2.35. The van der Waals surface area contributed by atoms with Crippen LogP contribution in [0.2, 0.25) is 0 Å². The minimum atomic E-state index is -0.122. The van der Waals surface area contributed by atoms with Gasteiger partial charge in [0.25, 0.3) is 0 Å². The third-order valence-corrected chi connectivity index (χ3v) is 3.88. The molecule has 0 aromatic carbocycles. The summed E-state index contributed by atoms with van der Waals surface area (Å²) >= 11 is 0. The zero-order valence-corrected chi connectivity index (χ0v) is 14.9. The topological polar surface area (TPSA) is 49.3 Å². The lowest BCUT2D eigenvalue weighted by Gasteiger charge is -2.33. The second-order valence-electron chi connectivity index (χ2n) is 7.96. The molecule has 0 aliphatic rings. The molecule has 3 heteroatoms. The van der Waals surface area contributed by atoms with Gasteiger partial charge in [0.15, 0.2) is 0 Å². The summed E-state index contributed by atoms with van der Waals surface area (Å²) in [5.41, 5.74) is -0.194. The van der Waals surface area contributed by atoms with Gasteiger partial charge in [-0.25, -0.2) is 0 Å². The van der Waals surface area contributed by atoms with Crippen molar-refractivity contribution in [1.82, 2.24) is 5.32 Å². The maximum atomic E-state index is 12.0. The van der Waals surface area contributed by atoms with Crippen molar-refractivity contribution in [3.63, 3.8) is 0 Å². The summed E-state index contributed by atoms with van der Waals surface area (Å²) in [6, 6.07) is 0. The van der Waals surface area contributed by atoms with Crippen LogP contribution in [0.1, 0.15) is 86.0 Å². The number of hydrogen-bond acceptors (Lipinski definition) is 2. The van der Waals surface area contributed by atoms with Crippen molar-refractivity contribution < 1.29 is 9.90 Å². The SMILES string of the molecule is CCCCCCCCNC(=O)CC(C)(C)CC(C)(C)CO. The molecule has 126 valence electrons. The lowest BCUT2D eigenvalue weighted by molar-refractivity contribution is -0.123. The molecule has 0 fully saturated rings. The number of rotatable bonds is 12. The van der Waals surface area contributed by atoms with Gasteiger partial charge in [-0.15, -0.1) is 0 Å². The van der Waals surface area contributed by atoms with E-state index in [1.807, 2.05) is 13.8 Å². The maximum Gasteiger partial charge on any atom is 0.220 e. The molecule has 0 unspecified atom stereocenters. The summed E-state index contributed by atoms with van der Waals surface area (Å²) < 4.78 is 0. The highest BCUT2D eigenvalue weighted by Gasteiger charge is 2.30. The monoisotopic (exact) mass is 299 g/mol. The number of carbonyl (C=O) groups excluding carboxylic acids is 1. The Bertz CT molecular complexity index is 285. The molecule has 0 aliphatic carbocycles. The van der Waals surface area contributed by atoms with Crippen LogP contribution in [0.4, 0.5) is 0 Å². The molecule has 0 atom stereocenters.